The van der Waals surface area contributed by atoms with Crippen LogP contribution in [0.3, 0.4) is 0 Å². The highest BCUT2D eigenvalue weighted by atomic mass is 35.5. The molecule has 0 saturated carbocycles. The zero-order valence-corrected chi connectivity index (χ0v) is 11.5. The Morgan fingerprint density at radius 2 is 2.28 bits per heavy atom. The molecule has 1 aromatic carbocycles. The zero-order valence-electron chi connectivity index (χ0n) is 10.0. The Balaban J connectivity index is 1.92. The summed E-state index contributed by atoms with van der Waals surface area (Å²) in [7, 11) is 0. The highest BCUT2D eigenvalue weighted by Gasteiger charge is 2.16. The number of hydrogen-bond acceptors (Lipinski definition) is 2. The standard InChI is InChI=1S/C13H16Cl2N2O/c14-10-3-4-12(15)11(6-10)13(18)17-8-9-2-1-5-16-7-9/h3-4,6,9,16H,1-2,5,7-8H2,(H,17,18)/t9-/m0/s1. The van der Waals surface area contributed by atoms with Gasteiger partial charge in [-0.1, -0.05) is 23.2 Å². The van der Waals surface area contributed by atoms with Crippen LogP contribution in [0.5, 0.6) is 0 Å². The van der Waals surface area contributed by atoms with Crippen molar-refractivity contribution in [1.82, 2.24) is 10.6 Å². The van der Waals surface area contributed by atoms with Crippen LogP contribution >= 0.6 is 23.2 Å². The van der Waals surface area contributed by atoms with Gasteiger partial charge in [-0.15, -0.1) is 0 Å². The van der Waals surface area contributed by atoms with Gasteiger partial charge in [0.15, 0.2) is 0 Å². The summed E-state index contributed by atoms with van der Waals surface area (Å²) < 4.78 is 0. The van der Waals surface area contributed by atoms with Crippen LogP contribution in [0.4, 0.5) is 0 Å². The van der Waals surface area contributed by atoms with Gasteiger partial charge in [-0.05, 0) is 50.0 Å². The average Bonchev–Trinajstić information content (AvgIpc) is 2.40. The minimum absolute atomic E-state index is 0.159. The van der Waals surface area contributed by atoms with Crippen LogP contribution in [0.15, 0.2) is 18.2 Å². The summed E-state index contributed by atoms with van der Waals surface area (Å²) in [6.45, 7) is 2.71. The van der Waals surface area contributed by atoms with Crippen LogP contribution in [0.1, 0.15) is 23.2 Å². The summed E-state index contributed by atoms with van der Waals surface area (Å²) in [5, 5.41) is 7.18. The maximum absolute atomic E-state index is 12.0. The third-order valence-electron chi connectivity index (χ3n) is 3.12. The summed E-state index contributed by atoms with van der Waals surface area (Å²) in [6, 6.07) is 4.91. The molecule has 1 saturated heterocycles. The van der Waals surface area contributed by atoms with Gasteiger partial charge in [0, 0.05) is 11.6 Å². The number of carbonyl (C=O) groups is 1. The molecule has 2 rings (SSSR count). The average molecular weight is 287 g/mol. The van der Waals surface area contributed by atoms with Gasteiger partial charge in [0.05, 0.1) is 10.6 Å². The Labute approximate surface area is 117 Å². The molecule has 5 heteroatoms. The van der Waals surface area contributed by atoms with Gasteiger partial charge >= 0.3 is 0 Å². The Morgan fingerprint density at radius 3 is 3.00 bits per heavy atom. The van der Waals surface area contributed by atoms with Crippen LogP contribution in [-0.2, 0) is 0 Å². The third kappa shape index (κ3) is 3.61. The summed E-state index contributed by atoms with van der Waals surface area (Å²) >= 11 is 11.8. The minimum Gasteiger partial charge on any atom is -0.352 e. The molecular weight excluding hydrogens is 271 g/mol. The quantitative estimate of drug-likeness (QED) is 0.897. The molecule has 0 aromatic heterocycles. The second-order valence-electron chi connectivity index (χ2n) is 4.55. The number of piperidine rings is 1. The molecule has 0 unspecified atom stereocenters. The molecule has 1 amide bonds. The number of nitrogens with one attached hydrogen (secondary N) is 2. The number of carbonyl (C=O) groups excluding carboxylic acids is 1. The highest BCUT2D eigenvalue weighted by molar-refractivity contribution is 6.35. The molecule has 1 heterocycles. The van der Waals surface area contributed by atoms with Crippen molar-refractivity contribution < 1.29 is 4.79 Å². The lowest BCUT2D eigenvalue weighted by Gasteiger charge is -2.22. The molecule has 1 atom stereocenters. The Morgan fingerprint density at radius 1 is 1.44 bits per heavy atom. The molecule has 2 N–H and O–H groups in total. The molecule has 0 aliphatic carbocycles. The fourth-order valence-corrected chi connectivity index (χ4v) is 2.48. The fraction of sp³-hybridized carbons (Fsp3) is 0.462. The Bertz CT molecular complexity index is 431. The smallest absolute Gasteiger partial charge is 0.252 e. The molecule has 98 valence electrons. The van der Waals surface area contributed by atoms with Crippen molar-refractivity contribution >= 4 is 29.1 Å². The van der Waals surface area contributed by atoms with Crippen LogP contribution in [0.2, 0.25) is 10.0 Å². The van der Waals surface area contributed by atoms with E-state index in [4.69, 9.17) is 23.2 Å². The predicted molar refractivity (Wildman–Crippen MR) is 74.4 cm³/mol. The monoisotopic (exact) mass is 286 g/mol. The van der Waals surface area contributed by atoms with E-state index in [9.17, 15) is 4.79 Å². The van der Waals surface area contributed by atoms with Crippen LogP contribution in [-0.4, -0.2) is 25.5 Å². The first-order valence-electron chi connectivity index (χ1n) is 6.11. The SMILES string of the molecule is O=C(NC[C@H]1CCCNC1)c1cc(Cl)ccc1Cl. The second kappa shape index (κ2) is 6.41. The third-order valence-corrected chi connectivity index (χ3v) is 3.69. The van der Waals surface area contributed by atoms with E-state index in [2.05, 4.69) is 10.6 Å². The molecule has 0 spiro atoms. The van der Waals surface area contributed by atoms with Crippen LogP contribution < -0.4 is 10.6 Å². The summed E-state index contributed by atoms with van der Waals surface area (Å²) in [4.78, 5) is 12.0. The molecule has 1 aliphatic heterocycles. The topological polar surface area (TPSA) is 41.1 Å². The van der Waals surface area contributed by atoms with E-state index in [0.29, 0.717) is 28.1 Å². The summed E-state index contributed by atoms with van der Waals surface area (Å²) in [6.07, 6.45) is 2.31. The van der Waals surface area contributed by atoms with Gasteiger partial charge < -0.3 is 10.6 Å². The van der Waals surface area contributed by atoms with Crippen molar-refractivity contribution in [2.45, 2.75) is 12.8 Å². The first kappa shape index (κ1) is 13.7. The van der Waals surface area contributed by atoms with Gasteiger partial charge in [0.1, 0.15) is 0 Å². The van der Waals surface area contributed by atoms with Gasteiger partial charge in [-0.25, -0.2) is 0 Å². The predicted octanol–water partition coefficient (Wildman–Crippen LogP) is 2.72. The summed E-state index contributed by atoms with van der Waals surface area (Å²) in [5.74, 6) is 0.341. The van der Waals surface area contributed by atoms with E-state index in [0.717, 1.165) is 19.5 Å². The van der Waals surface area contributed by atoms with E-state index in [1.54, 1.807) is 18.2 Å². The van der Waals surface area contributed by atoms with Crippen molar-refractivity contribution in [1.29, 1.82) is 0 Å². The number of benzene rings is 1. The molecule has 18 heavy (non-hydrogen) atoms. The lowest BCUT2D eigenvalue weighted by Crippen LogP contribution is -2.38. The highest BCUT2D eigenvalue weighted by Crippen LogP contribution is 2.20. The van der Waals surface area contributed by atoms with Gasteiger partial charge in [-0.2, -0.15) is 0 Å². The molecule has 1 aliphatic rings. The van der Waals surface area contributed by atoms with Gasteiger partial charge in [0.2, 0.25) is 0 Å². The molecular formula is C13H16Cl2N2O. The van der Waals surface area contributed by atoms with E-state index in [-0.39, 0.29) is 5.91 Å². The number of rotatable bonds is 3. The molecule has 0 radical (unpaired) electrons. The van der Waals surface area contributed by atoms with Crippen molar-refractivity contribution in [2.24, 2.45) is 5.92 Å². The maximum atomic E-state index is 12.0. The van der Waals surface area contributed by atoms with Crippen molar-refractivity contribution in [3.05, 3.63) is 33.8 Å². The van der Waals surface area contributed by atoms with Gasteiger partial charge in [0.25, 0.3) is 5.91 Å². The largest absolute Gasteiger partial charge is 0.352 e. The lowest BCUT2D eigenvalue weighted by atomic mass is 10.00. The summed E-state index contributed by atoms with van der Waals surface area (Å²) in [5.41, 5.74) is 0.438. The van der Waals surface area contributed by atoms with E-state index in [1.165, 1.54) is 6.42 Å². The lowest BCUT2D eigenvalue weighted by molar-refractivity contribution is 0.0945. The van der Waals surface area contributed by atoms with Crippen LogP contribution in [0, 0.1) is 5.92 Å². The van der Waals surface area contributed by atoms with Crippen molar-refractivity contribution in [2.75, 3.05) is 19.6 Å². The minimum atomic E-state index is -0.159. The first-order valence-corrected chi connectivity index (χ1v) is 6.86. The molecule has 3 nitrogen and oxygen atoms in total. The number of halogens is 2. The van der Waals surface area contributed by atoms with E-state index >= 15 is 0 Å². The van der Waals surface area contributed by atoms with Crippen molar-refractivity contribution in [3.63, 3.8) is 0 Å². The Kier molecular flexibility index (Phi) is 4.87. The second-order valence-corrected chi connectivity index (χ2v) is 5.39. The molecule has 1 aromatic rings. The number of amides is 1. The normalized spacial score (nSPS) is 19.6. The fourth-order valence-electron chi connectivity index (χ4n) is 2.10. The molecule has 0 bridgehead atoms. The van der Waals surface area contributed by atoms with E-state index in [1.807, 2.05) is 0 Å². The maximum Gasteiger partial charge on any atom is 0.252 e. The van der Waals surface area contributed by atoms with E-state index < -0.39 is 0 Å². The van der Waals surface area contributed by atoms with Gasteiger partial charge in [-0.3, -0.25) is 4.79 Å². The number of hydrogen-bond donors (Lipinski definition) is 2. The van der Waals surface area contributed by atoms with Crippen LogP contribution in [0.25, 0.3) is 0 Å². The molecule has 1 fully saturated rings. The zero-order chi connectivity index (χ0) is 13.0. The Hall–Kier alpha value is -0.770. The van der Waals surface area contributed by atoms with Crippen molar-refractivity contribution in [3.8, 4) is 0 Å². The first-order chi connectivity index (χ1) is 8.66.